The molecule has 0 aromatic rings. The fourth-order valence-corrected chi connectivity index (χ4v) is 2.48. The lowest BCUT2D eigenvalue weighted by atomic mass is 9.98. The summed E-state index contributed by atoms with van der Waals surface area (Å²) in [6, 6.07) is 0. The first-order valence-corrected chi connectivity index (χ1v) is 10.0. The molecule has 0 aliphatic heterocycles. The maximum Gasteiger partial charge on any atom is 0.191 e. The Labute approximate surface area is 120 Å². The van der Waals surface area contributed by atoms with Gasteiger partial charge < -0.3 is 9.53 Å². The molecule has 19 heavy (non-hydrogen) atoms. The van der Waals surface area contributed by atoms with Crippen molar-refractivity contribution < 1.29 is 9.53 Å². The van der Waals surface area contributed by atoms with E-state index in [2.05, 4.69) is 53.9 Å². The summed E-state index contributed by atoms with van der Waals surface area (Å²) in [6.45, 7) is 21.6. The number of hydrogen-bond acceptors (Lipinski definition) is 2. The second kappa shape index (κ2) is 7.41. The van der Waals surface area contributed by atoms with Gasteiger partial charge in [0.2, 0.25) is 0 Å². The van der Waals surface area contributed by atoms with Gasteiger partial charge in [0.25, 0.3) is 0 Å². The molecule has 0 aliphatic rings. The Morgan fingerprint density at radius 2 is 1.89 bits per heavy atom. The second-order valence-corrected chi connectivity index (χ2v) is 11.8. The van der Waals surface area contributed by atoms with Gasteiger partial charge in [0.1, 0.15) is 0 Å². The summed E-state index contributed by atoms with van der Waals surface area (Å²) >= 11 is 0. The molecule has 0 fully saturated rings. The van der Waals surface area contributed by atoms with Crippen LogP contribution in [0.25, 0.3) is 0 Å². The normalized spacial score (nSPS) is 15.9. The number of allylic oxidation sites excluding steroid dienone is 1. The van der Waals surface area contributed by atoms with Gasteiger partial charge in [0.15, 0.2) is 8.32 Å². The molecule has 3 heteroatoms. The van der Waals surface area contributed by atoms with E-state index in [1.807, 2.05) is 6.08 Å². The Kier molecular flexibility index (Phi) is 7.26. The van der Waals surface area contributed by atoms with Gasteiger partial charge in [0.05, 0.1) is 6.10 Å². The van der Waals surface area contributed by atoms with E-state index in [4.69, 9.17) is 4.43 Å². The van der Waals surface area contributed by atoms with E-state index in [0.717, 1.165) is 12.0 Å². The molecule has 0 unspecified atom stereocenters. The summed E-state index contributed by atoms with van der Waals surface area (Å²) in [5.74, 6) is 0.313. The standard InChI is InChI=1S/C16H32O2Si/c1-9-13(2)12-15(17)14(3)10-11-18-19(7,8)16(4,5)6/h9,13,15,17H,1,3,10-12H2,2,4-8H3/t13-,15+/m1/s1. The van der Waals surface area contributed by atoms with Crippen LogP contribution in [-0.4, -0.2) is 26.1 Å². The molecule has 0 heterocycles. The summed E-state index contributed by atoms with van der Waals surface area (Å²) in [4.78, 5) is 0. The van der Waals surface area contributed by atoms with Crippen molar-refractivity contribution in [3.8, 4) is 0 Å². The SMILES string of the molecule is C=C[C@@H](C)C[C@H](O)C(=C)CCO[Si](C)(C)C(C)(C)C. The van der Waals surface area contributed by atoms with Gasteiger partial charge in [-0.05, 0) is 42.5 Å². The lowest BCUT2D eigenvalue weighted by Gasteiger charge is -2.36. The van der Waals surface area contributed by atoms with Crippen molar-refractivity contribution in [3.63, 3.8) is 0 Å². The summed E-state index contributed by atoms with van der Waals surface area (Å²) in [5.41, 5.74) is 0.868. The van der Waals surface area contributed by atoms with Crippen molar-refractivity contribution in [1.82, 2.24) is 0 Å². The van der Waals surface area contributed by atoms with Crippen LogP contribution in [0.1, 0.15) is 40.5 Å². The molecule has 0 saturated heterocycles. The first kappa shape index (κ1) is 18.6. The molecule has 0 saturated carbocycles. The van der Waals surface area contributed by atoms with Gasteiger partial charge >= 0.3 is 0 Å². The summed E-state index contributed by atoms with van der Waals surface area (Å²) in [5, 5.41) is 10.2. The number of aliphatic hydroxyl groups excluding tert-OH is 1. The largest absolute Gasteiger partial charge is 0.417 e. The highest BCUT2D eigenvalue weighted by molar-refractivity contribution is 6.74. The number of rotatable bonds is 8. The molecule has 0 rings (SSSR count). The third kappa shape index (κ3) is 6.55. The quantitative estimate of drug-likeness (QED) is 0.524. The zero-order valence-corrected chi connectivity index (χ0v) is 14.6. The van der Waals surface area contributed by atoms with Crippen molar-refractivity contribution >= 4 is 8.32 Å². The first-order valence-electron chi connectivity index (χ1n) is 7.13. The van der Waals surface area contributed by atoms with Crippen molar-refractivity contribution in [3.05, 3.63) is 24.8 Å². The van der Waals surface area contributed by atoms with E-state index >= 15 is 0 Å². The van der Waals surface area contributed by atoms with E-state index in [0.29, 0.717) is 18.9 Å². The van der Waals surface area contributed by atoms with E-state index in [-0.39, 0.29) is 5.04 Å². The zero-order chi connectivity index (χ0) is 15.3. The van der Waals surface area contributed by atoms with Crippen LogP contribution in [0.4, 0.5) is 0 Å². The van der Waals surface area contributed by atoms with Crippen LogP contribution in [0.3, 0.4) is 0 Å². The van der Waals surface area contributed by atoms with E-state index in [1.165, 1.54) is 0 Å². The Morgan fingerprint density at radius 1 is 1.37 bits per heavy atom. The van der Waals surface area contributed by atoms with Crippen molar-refractivity contribution in [2.24, 2.45) is 5.92 Å². The van der Waals surface area contributed by atoms with Gasteiger partial charge in [-0.25, -0.2) is 0 Å². The molecule has 0 amide bonds. The maximum absolute atomic E-state index is 10.0. The molecule has 0 radical (unpaired) electrons. The van der Waals surface area contributed by atoms with Crippen LogP contribution in [0, 0.1) is 5.92 Å². The van der Waals surface area contributed by atoms with Crippen molar-refractivity contribution in [2.75, 3.05) is 6.61 Å². The van der Waals surface area contributed by atoms with Gasteiger partial charge in [-0.3, -0.25) is 0 Å². The highest BCUT2D eigenvalue weighted by Gasteiger charge is 2.36. The average Bonchev–Trinajstić information content (AvgIpc) is 2.26. The van der Waals surface area contributed by atoms with Crippen LogP contribution in [0.15, 0.2) is 24.8 Å². The van der Waals surface area contributed by atoms with Crippen LogP contribution in [-0.2, 0) is 4.43 Å². The topological polar surface area (TPSA) is 29.5 Å². The minimum atomic E-state index is -1.68. The molecule has 1 N–H and O–H groups in total. The van der Waals surface area contributed by atoms with Crippen LogP contribution in [0.2, 0.25) is 18.1 Å². The molecular weight excluding hydrogens is 252 g/mol. The van der Waals surface area contributed by atoms with Crippen molar-refractivity contribution in [2.45, 2.75) is 64.8 Å². The van der Waals surface area contributed by atoms with Gasteiger partial charge in [-0.15, -0.1) is 6.58 Å². The number of hydrogen-bond donors (Lipinski definition) is 1. The smallest absolute Gasteiger partial charge is 0.191 e. The van der Waals surface area contributed by atoms with Gasteiger partial charge in [-0.2, -0.15) is 0 Å². The predicted octanol–water partition coefficient (Wildman–Crippen LogP) is 4.53. The summed E-state index contributed by atoms with van der Waals surface area (Å²) in [7, 11) is -1.68. The lowest BCUT2D eigenvalue weighted by molar-refractivity contribution is 0.178. The fourth-order valence-electron chi connectivity index (χ4n) is 1.44. The molecular formula is C16H32O2Si. The van der Waals surface area contributed by atoms with Crippen LogP contribution in [0.5, 0.6) is 0 Å². The van der Waals surface area contributed by atoms with E-state index in [9.17, 15) is 5.11 Å². The number of aliphatic hydroxyl groups is 1. The minimum Gasteiger partial charge on any atom is -0.417 e. The Morgan fingerprint density at radius 3 is 2.32 bits per heavy atom. The molecule has 0 aromatic carbocycles. The third-order valence-corrected chi connectivity index (χ3v) is 8.70. The van der Waals surface area contributed by atoms with Gasteiger partial charge in [-0.1, -0.05) is 40.3 Å². The third-order valence-electron chi connectivity index (χ3n) is 4.16. The molecule has 112 valence electrons. The highest BCUT2D eigenvalue weighted by Crippen LogP contribution is 2.36. The van der Waals surface area contributed by atoms with E-state index in [1.54, 1.807) is 0 Å². The monoisotopic (exact) mass is 284 g/mol. The lowest BCUT2D eigenvalue weighted by Crippen LogP contribution is -2.41. The van der Waals surface area contributed by atoms with Crippen molar-refractivity contribution in [1.29, 1.82) is 0 Å². The maximum atomic E-state index is 10.0. The minimum absolute atomic E-state index is 0.226. The highest BCUT2D eigenvalue weighted by atomic mass is 28.4. The van der Waals surface area contributed by atoms with Crippen LogP contribution < -0.4 is 0 Å². The Bertz CT molecular complexity index is 302. The van der Waals surface area contributed by atoms with E-state index < -0.39 is 14.4 Å². The Balaban J connectivity index is 4.15. The first-order chi connectivity index (χ1) is 8.51. The second-order valence-electron chi connectivity index (χ2n) is 6.98. The summed E-state index contributed by atoms with van der Waals surface area (Å²) in [6.07, 6.45) is 2.85. The molecule has 0 bridgehead atoms. The molecule has 2 nitrogen and oxygen atoms in total. The van der Waals surface area contributed by atoms with Gasteiger partial charge in [0, 0.05) is 6.61 Å². The van der Waals surface area contributed by atoms with Crippen LogP contribution >= 0.6 is 0 Å². The Hall–Kier alpha value is -0.383. The molecule has 0 aliphatic carbocycles. The molecule has 2 atom stereocenters. The molecule has 0 spiro atoms. The average molecular weight is 285 g/mol. The summed E-state index contributed by atoms with van der Waals surface area (Å²) < 4.78 is 6.09. The molecule has 0 aromatic heterocycles. The zero-order valence-electron chi connectivity index (χ0n) is 13.6. The fraction of sp³-hybridized carbons (Fsp3) is 0.750. The predicted molar refractivity (Wildman–Crippen MR) is 86.9 cm³/mol.